The first kappa shape index (κ1) is 16.6. The van der Waals surface area contributed by atoms with Gasteiger partial charge in [-0.25, -0.2) is 4.79 Å². The maximum absolute atomic E-state index is 12.2. The highest BCUT2D eigenvalue weighted by molar-refractivity contribution is 9.10. The van der Waals surface area contributed by atoms with Crippen molar-refractivity contribution in [2.75, 3.05) is 6.61 Å². The van der Waals surface area contributed by atoms with E-state index in [0.717, 1.165) is 22.9 Å². The molecule has 0 saturated heterocycles. The second-order valence-corrected chi connectivity index (χ2v) is 5.91. The van der Waals surface area contributed by atoms with Crippen LogP contribution in [0.4, 0.5) is 0 Å². The molecule has 0 amide bonds. The van der Waals surface area contributed by atoms with Crippen LogP contribution in [0.15, 0.2) is 46.9 Å². The van der Waals surface area contributed by atoms with Crippen molar-refractivity contribution in [2.45, 2.75) is 26.7 Å². The van der Waals surface area contributed by atoms with E-state index in [-0.39, 0.29) is 0 Å². The Morgan fingerprint density at radius 2 is 2.00 bits per heavy atom. The molecule has 0 N–H and O–H groups in total. The Bertz CT molecular complexity index is 653. The van der Waals surface area contributed by atoms with Crippen molar-refractivity contribution < 1.29 is 14.3 Å². The second-order valence-electron chi connectivity index (χ2n) is 5.05. The third-order valence-electron chi connectivity index (χ3n) is 3.13. The third-order valence-corrected chi connectivity index (χ3v) is 3.75. The molecule has 0 spiro atoms. The van der Waals surface area contributed by atoms with Gasteiger partial charge in [-0.1, -0.05) is 25.5 Å². The Labute approximate surface area is 139 Å². The third kappa shape index (κ3) is 4.60. The number of hydrogen-bond acceptors (Lipinski definition) is 3. The summed E-state index contributed by atoms with van der Waals surface area (Å²) in [6.45, 7) is 4.74. The topological polar surface area (TPSA) is 35.5 Å². The number of aryl methyl sites for hydroxylation is 1. The molecule has 22 heavy (non-hydrogen) atoms. The minimum atomic E-state index is -0.398. The summed E-state index contributed by atoms with van der Waals surface area (Å²) >= 11 is 3.40. The van der Waals surface area contributed by atoms with Crippen LogP contribution in [-0.2, 0) is 0 Å². The smallest absolute Gasteiger partial charge is 0.343 e. The lowest BCUT2D eigenvalue weighted by molar-refractivity contribution is 0.0733. The van der Waals surface area contributed by atoms with Gasteiger partial charge < -0.3 is 9.47 Å². The average molecular weight is 363 g/mol. The van der Waals surface area contributed by atoms with E-state index in [4.69, 9.17) is 9.47 Å². The van der Waals surface area contributed by atoms with Gasteiger partial charge in [0.25, 0.3) is 0 Å². The van der Waals surface area contributed by atoms with Crippen LogP contribution in [0.5, 0.6) is 11.5 Å². The van der Waals surface area contributed by atoms with E-state index < -0.39 is 5.97 Å². The number of rotatable bonds is 6. The van der Waals surface area contributed by atoms with E-state index in [1.165, 1.54) is 0 Å². The highest BCUT2D eigenvalue weighted by atomic mass is 79.9. The molecule has 2 aromatic rings. The Morgan fingerprint density at radius 3 is 2.73 bits per heavy atom. The first-order valence-corrected chi connectivity index (χ1v) is 8.10. The number of benzene rings is 2. The van der Waals surface area contributed by atoms with Crippen molar-refractivity contribution in [1.29, 1.82) is 0 Å². The predicted molar refractivity (Wildman–Crippen MR) is 90.7 cm³/mol. The van der Waals surface area contributed by atoms with Gasteiger partial charge in [0, 0.05) is 0 Å². The Balaban J connectivity index is 2.07. The maximum atomic E-state index is 12.2. The normalized spacial score (nSPS) is 10.3. The lowest BCUT2D eigenvalue weighted by Crippen LogP contribution is -2.09. The van der Waals surface area contributed by atoms with Crippen molar-refractivity contribution in [3.63, 3.8) is 0 Å². The zero-order valence-electron chi connectivity index (χ0n) is 12.8. The summed E-state index contributed by atoms with van der Waals surface area (Å²) in [6, 6.07) is 12.6. The summed E-state index contributed by atoms with van der Waals surface area (Å²) in [4.78, 5) is 12.2. The summed E-state index contributed by atoms with van der Waals surface area (Å²) in [5.41, 5.74) is 1.57. The standard InChI is InChI=1S/C18H19BrO3/c1-3-4-10-21-15-7-5-6-14(12-15)18(20)22-17-9-8-13(2)11-16(17)19/h5-9,11-12H,3-4,10H2,1-2H3. The van der Waals surface area contributed by atoms with Crippen LogP contribution in [0.25, 0.3) is 0 Å². The molecule has 0 saturated carbocycles. The van der Waals surface area contributed by atoms with Gasteiger partial charge >= 0.3 is 5.97 Å². The molecule has 3 nitrogen and oxygen atoms in total. The van der Waals surface area contributed by atoms with Crippen LogP contribution in [0, 0.1) is 6.92 Å². The van der Waals surface area contributed by atoms with Gasteiger partial charge in [-0.2, -0.15) is 0 Å². The quantitative estimate of drug-likeness (QED) is 0.404. The lowest BCUT2D eigenvalue weighted by Gasteiger charge is -2.09. The molecule has 4 heteroatoms. The summed E-state index contributed by atoms with van der Waals surface area (Å²) in [5.74, 6) is 0.796. The SMILES string of the molecule is CCCCOc1cccc(C(=O)Oc2ccc(C)cc2Br)c1. The molecule has 0 aromatic heterocycles. The number of carbonyl (C=O) groups is 1. The summed E-state index contributed by atoms with van der Waals surface area (Å²) in [5, 5.41) is 0. The maximum Gasteiger partial charge on any atom is 0.343 e. The Hall–Kier alpha value is -1.81. The number of hydrogen-bond donors (Lipinski definition) is 0. The molecular formula is C18H19BrO3. The molecule has 2 rings (SSSR count). The number of halogens is 1. The van der Waals surface area contributed by atoms with Gasteiger partial charge in [-0.05, 0) is 65.2 Å². The number of esters is 1. The van der Waals surface area contributed by atoms with E-state index in [1.54, 1.807) is 24.3 Å². The fraction of sp³-hybridized carbons (Fsp3) is 0.278. The van der Waals surface area contributed by atoms with Gasteiger partial charge in [0.15, 0.2) is 0 Å². The minimum Gasteiger partial charge on any atom is -0.494 e. The number of carbonyl (C=O) groups excluding carboxylic acids is 1. The van der Waals surface area contributed by atoms with E-state index in [2.05, 4.69) is 22.9 Å². The Morgan fingerprint density at radius 1 is 1.18 bits per heavy atom. The predicted octanol–water partition coefficient (Wildman–Crippen LogP) is 5.16. The molecule has 0 aliphatic heterocycles. The van der Waals surface area contributed by atoms with Crippen LogP contribution in [0.2, 0.25) is 0 Å². The zero-order chi connectivity index (χ0) is 15.9. The largest absolute Gasteiger partial charge is 0.494 e. The van der Waals surface area contributed by atoms with Gasteiger partial charge in [-0.3, -0.25) is 0 Å². The molecule has 0 radical (unpaired) electrons. The van der Waals surface area contributed by atoms with E-state index in [1.807, 2.05) is 25.1 Å². The first-order valence-electron chi connectivity index (χ1n) is 7.31. The zero-order valence-corrected chi connectivity index (χ0v) is 14.4. The first-order chi connectivity index (χ1) is 10.6. The van der Waals surface area contributed by atoms with Gasteiger partial charge in [0.1, 0.15) is 11.5 Å². The van der Waals surface area contributed by atoms with Crippen molar-refractivity contribution in [3.05, 3.63) is 58.1 Å². The molecule has 0 atom stereocenters. The van der Waals surface area contributed by atoms with Crippen LogP contribution in [0.1, 0.15) is 35.7 Å². The second kappa shape index (κ2) is 7.99. The summed E-state index contributed by atoms with van der Waals surface area (Å²) in [6.07, 6.45) is 2.06. The van der Waals surface area contributed by atoms with Crippen LogP contribution in [-0.4, -0.2) is 12.6 Å². The molecule has 2 aromatic carbocycles. The lowest BCUT2D eigenvalue weighted by atomic mass is 10.2. The van der Waals surface area contributed by atoms with Crippen LogP contribution >= 0.6 is 15.9 Å². The van der Waals surface area contributed by atoms with Crippen molar-refractivity contribution >= 4 is 21.9 Å². The van der Waals surface area contributed by atoms with Gasteiger partial charge in [-0.15, -0.1) is 0 Å². The van der Waals surface area contributed by atoms with E-state index >= 15 is 0 Å². The van der Waals surface area contributed by atoms with Crippen LogP contribution < -0.4 is 9.47 Å². The molecule has 116 valence electrons. The number of ether oxygens (including phenoxy) is 2. The fourth-order valence-electron chi connectivity index (χ4n) is 1.89. The monoisotopic (exact) mass is 362 g/mol. The average Bonchev–Trinajstić information content (AvgIpc) is 2.50. The van der Waals surface area contributed by atoms with Crippen molar-refractivity contribution in [1.82, 2.24) is 0 Å². The molecular weight excluding hydrogens is 344 g/mol. The van der Waals surface area contributed by atoms with E-state index in [9.17, 15) is 4.79 Å². The van der Waals surface area contributed by atoms with Gasteiger partial charge in [0.2, 0.25) is 0 Å². The molecule has 0 bridgehead atoms. The molecule has 0 aliphatic rings. The molecule has 0 fully saturated rings. The highest BCUT2D eigenvalue weighted by Gasteiger charge is 2.12. The summed E-state index contributed by atoms with van der Waals surface area (Å²) < 4.78 is 11.8. The van der Waals surface area contributed by atoms with Gasteiger partial charge in [0.05, 0.1) is 16.6 Å². The summed E-state index contributed by atoms with van der Waals surface area (Å²) in [7, 11) is 0. The molecule has 0 heterocycles. The highest BCUT2D eigenvalue weighted by Crippen LogP contribution is 2.27. The minimum absolute atomic E-state index is 0.398. The number of unbranched alkanes of at least 4 members (excludes halogenated alkanes) is 1. The van der Waals surface area contributed by atoms with Crippen LogP contribution in [0.3, 0.4) is 0 Å². The Kier molecular flexibility index (Phi) is 6.01. The van der Waals surface area contributed by atoms with E-state index in [0.29, 0.717) is 23.7 Å². The molecule has 0 aliphatic carbocycles. The fourth-order valence-corrected chi connectivity index (χ4v) is 2.47. The van der Waals surface area contributed by atoms with Crippen molar-refractivity contribution in [2.24, 2.45) is 0 Å². The molecule has 0 unspecified atom stereocenters. The van der Waals surface area contributed by atoms with Crippen molar-refractivity contribution in [3.8, 4) is 11.5 Å².